The maximum Gasteiger partial charge on any atom is 0.410 e. The first-order valence-electron chi connectivity index (χ1n) is 7.64. The number of amides is 1. The molecule has 1 amide bonds. The number of rotatable bonds is 1. The van der Waals surface area contributed by atoms with Crippen LogP contribution in [0.5, 0.6) is 0 Å². The standard InChI is InChI=1S/C15H24N4O2/c1-15(2,3)21-14(20)19-11-4-5-12(19)7-13(6-11)18-9-10(16)8-17-18/h8-9,11-13H,4-7,16H2,1-3H3/t11-,12+,13?. The van der Waals surface area contributed by atoms with Crippen LogP contribution in [-0.4, -0.2) is 38.5 Å². The van der Waals surface area contributed by atoms with Gasteiger partial charge < -0.3 is 15.4 Å². The maximum absolute atomic E-state index is 12.4. The molecule has 1 aromatic heterocycles. The summed E-state index contributed by atoms with van der Waals surface area (Å²) in [5.41, 5.74) is 6.00. The fourth-order valence-electron chi connectivity index (χ4n) is 3.53. The van der Waals surface area contributed by atoms with Gasteiger partial charge in [-0.05, 0) is 46.5 Å². The van der Waals surface area contributed by atoms with Crippen molar-refractivity contribution in [3.05, 3.63) is 12.4 Å². The van der Waals surface area contributed by atoms with Gasteiger partial charge in [0.25, 0.3) is 0 Å². The quantitative estimate of drug-likeness (QED) is 0.863. The number of nitrogens with zero attached hydrogens (tertiary/aromatic N) is 3. The van der Waals surface area contributed by atoms with Crippen molar-refractivity contribution < 1.29 is 9.53 Å². The first-order valence-corrected chi connectivity index (χ1v) is 7.64. The van der Waals surface area contributed by atoms with E-state index in [1.54, 1.807) is 6.20 Å². The Labute approximate surface area is 125 Å². The molecule has 2 aliphatic rings. The van der Waals surface area contributed by atoms with Crippen molar-refractivity contribution in [1.29, 1.82) is 0 Å². The lowest BCUT2D eigenvalue weighted by molar-refractivity contribution is 0.00232. The predicted octanol–water partition coefficient (Wildman–Crippen LogP) is 2.57. The topological polar surface area (TPSA) is 73.4 Å². The summed E-state index contributed by atoms with van der Waals surface area (Å²) in [6.07, 6.45) is 7.35. The molecule has 3 heterocycles. The van der Waals surface area contributed by atoms with Crippen LogP contribution in [0.25, 0.3) is 0 Å². The van der Waals surface area contributed by atoms with Gasteiger partial charge in [0.05, 0.1) is 17.9 Å². The number of piperidine rings is 1. The number of hydrogen-bond acceptors (Lipinski definition) is 4. The lowest BCUT2D eigenvalue weighted by Gasteiger charge is -2.39. The third-order valence-corrected chi connectivity index (χ3v) is 4.31. The van der Waals surface area contributed by atoms with Crippen LogP contribution < -0.4 is 5.73 Å². The molecule has 0 saturated carbocycles. The highest BCUT2D eigenvalue weighted by atomic mass is 16.6. The number of hydrogen-bond donors (Lipinski definition) is 1. The SMILES string of the molecule is CC(C)(C)OC(=O)N1[C@@H]2CC[C@H]1CC(n1cc(N)cn1)C2. The molecule has 1 unspecified atom stereocenters. The van der Waals surface area contributed by atoms with Crippen LogP contribution >= 0.6 is 0 Å². The normalized spacial score (nSPS) is 28.7. The van der Waals surface area contributed by atoms with Gasteiger partial charge in [-0.2, -0.15) is 5.10 Å². The lowest BCUT2D eigenvalue weighted by atomic mass is 9.98. The van der Waals surface area contributed by atoms with Gasteiger partial charge in [-0.25, -0.2) is 4.79 Å². The number of anilines is 1. The summed E-state index contributed by atoms with van der Waals surface area (Å²) in [5, 5.41) is 4.32. The van der Waals surface area contributed by atoms with Crippen LogP contribution in [0.3, 0.4) is 0 Å². The van der Waals surface area contributed by atoms with Crippen molar-refractivity contribution in [3.8, 4) is 0 Å². The van der Waals surface area contributed by atoms with Crippen LogP contribution in [0.15, 0.2) is 12.4 Å². The molecule has 3 atom stereocenters. The Bertz CT molecular complexity index is 520. The Morgan fingerprint density at radius 1 is 1.29 bits per heavy atom. The van der Waals surface area contributed by atoms with Crippen LogP contribution in [-0.2, 0) is 4.74 Å². The minimum absolute atomic E-state index is 0.173. The average molecular weight is 292 g/mol. The summed E-state index contributed by atoms with van der Waals surface area (Å²) in [4.78, 5) is 14.3. The molecule has 1 aromatic rings. The van der Waals surface area contributed by atoms with E-state index in [4.69, 9.17) is 10.5 Å². The van der Waals surface area contributed by atoms with Crippen molar-refractivity contribution in [3.63, 3.8) is 0 Å². The Morgan fingerprint density at radius 2 is 1.90 bits per heavy atom. The highest BCUT2D eigenvalue weighted by Crippen LogP contribution is 2.41. The van der Waals surface area contributed by atoms with E-state index in [0.29, 0.717) is 11.7 Å². The van der Waals surface area contributed by atoms with Gasteiger partial charge in [0.1, 0.15) is 5.60 Å². The first kappa shape index (κ1) is 14.2. The maximum atomic E-state index is 12.4. The van der Waals surface area contributed by atoms with Crippen molar-refractivity contribution >= 4 is 11.8 Å². The van der Waals surface area contributed by atoms with Crippen LogP contribution in [0.1, 0.15) is 52.5 Å². The highest BCUT2D eigenvalue weighted by molar-refractivity contribution is 5.69. The van der Waals surface area contributed by atoms with E-state index in [9.17, 15) is 4.79 Å². The monoisotopic (exact) mass is 292 g/mol. The van der Waals surface area contributed by atoms with Crippen molar-refractivity contribution in [2.24, 2.45) is 0 Å². The molecule has 2 N–H and O–H groups in total. The Morgan fingerprint density at radius 3 is 2.38 bits per heavy atom. The number of fused-ring (bicyclic) bond motifs is 2. The second kappa shape index (κ2) is 4.93. The third kappa shape index (κ3) is 2.84. The summed E-state index contributed by atoms with van der Waals surface area (Å²) < 4.78 is 7.50. The molecule has 116 valence electrons. The second-order valence-corrected chi connectivity index (χ2v) is 7.15. The molecule has 0 radical (unpaired) electrons. The molecular formula is C15H24N4O2. The summed E-state index contributed by atoms with van der Waals surface area (Å²) in [6, 6.07) is 0.849. The molecule has 0 aromatic carbocycles. The molecule has 6 heteroatoms. The van der Waals surface area contributed by atoms with E-state index < -0.39 is 5.60 Å². The zero-order valence-electron chi connectivity index (χ0n) is 13.0. The van der Waals surface area contributed by atoms with Gasteiger partial charge in [-0.1, -0.05) is 0 Å². The van der Waals surface area contributed by atoms with Crippen molar-refractivity contribution in [2.45, 2.75) is 70.2 Å². The first-order chi connectivity index (χ1) is 9.83. The molecule has 6 nitrogen and oxygen atoms in total. The van der Waals surface area contributed by atoms with Gasteiger partial charge in [0.2, 0.25) is 0 Å². The molecule has 2 bridgehead atoms. The van der Waals surface area contributed by atoms with Gasteiger partial charge in [-0.3, -0.25) is 4.68 Å². The smallest absolute Gasteiger partial charge is 0.410 e. The van der Waals surface area contributed by atoms with Gasteiger partial charge in [-0.15, -0.1) is 0 Å². The minimum Gasteiger partial charge on any atom is -0.444 e. The fraction of sp³-hybridized carbons (Fsp3) is 0.733. The minimum atomic E-state index is -0.441. The molecule has 21 heavy (non-hydrogen) atoms. The third-order valence-electron chi connectivity index (χ3n) is 4.31. The predicted molar refractivity (Wildman–Crippen MR) is 79.8 cm³/mol. The summed E-state index contributed by atoms with van der Waals surface area (Å²) in [7, 11) is 0. The number of nitrogens with two attached hydrogens (primary N) is 1. The van der Waals surface area contributed by atoms with Crippen LogP contribution in [0, 0.1) is 0 Å². The summed E-state index contributed by atoms with van der Waals surface area (Å²) >= 11 is 0. The molecule has 0 aliphatic carbocycles. The zero-order chi connectivity index (χ0) is 15.2. The van der Waals surface area contributed by atoms with Gasteiger partial charge in [0, 0.05) is 18.3 Å². The Balaban J connectivity index is 1.71. The second-order valence-electron chi connectivity index (χ2n) is 7.15. The van der Waals surface area contributed by atoms with E-state index in [1.165, 1.54) is 0 Å². The van der Waals surface area contributed by atoms with E-state index in [2.05, 4.69) is 5.10 Å². The number of carbonyl (C=O) groups is 1. The highest BCUT2D eigenvalue weighted by Gasteiger charge is 2.45. The zero-order valence-corrected chi connectivity index (χ0v) is 13.0. The number of carbonyl (C=O) groups excluding carboxylic acids is 1. The van der Waals surface area contributed by atoms with Gasteiger partial charge >= 0.3 is 6.09 Å². The summed E-state index contributed by atoms with van der Waals surface area (Å²) in [5.74, 6) is 0. The summed E-state index contributed by atoms with van der Waals surface area (Å²) in [6.45, 7) is 5.73. The Hall–Kier alpha value is -1.72. The van der Waals surface area contributed by atoms with Crippen molar-refractivity contribution in [1.82, 2.24) is 14.7 Å². The van der Waals surface area contributed by atoms with Crippen LogP contribution in [0.2, 0.25) is 0 Å². The molecule has 2 aliphatic heterocycles. The molecule has 3 rings (SSSR count). The lowest BCUT2D eigenvalue weighted by Crippen LogP contribution is -2.48. The van der Waals surface area contributed by atoms with E-state index in [-0.39, 0.29) is 18.2 Å². The molecule has 0 spiro atoms. The van der Waals surface area contributed by atoms with Crippen molar-refractivity contribution in [2.75, 3.05) is 5.73 Å². The Kier molecular flexibility index (Phi) is 3.34. The van der Waals surface area contributed by atoms with Crippen LogP contribution in [0.4, 0.5) is 10.5 Å². The fourth-order valence-corrected chi connectivity index (χ4v) is 3.53. The van der Waals surface area contributed by atoms with E-state index in [1.807, 2.05) is 36.5 Å². The molecule has 2 fully saturated rings. The average Bonchev–Trinajstić information content (AvgIpc) is 2.89. The van der Waals surface area contributed by atoms with E-state index >= 15 is 0 Å². The molecule has 2 saturated heterocycles. The largest absolute Gasteiger partial charge is 0.444 e. The van der Waals surface area contributed by atoms with E-state index in [0.717, 1.165) is 25.7 Å². The number of aromatic nitrogens is 2. The number of ether oxygens (including phenoxy) is 1. The molecular weight excluding hydrogens is 268 g/mol. The van der Waals surface area contributed by atoms with Gasteiger partial charge in [0.15, 0.2) is 0 Å². The number of nitrogen functional groups attached to an aromatic ring is 1.